The van der Waals surface area contributed by atoms with E-state index in [1.165, 1.54) is 5.69 Å². The quantitative estimate of drug-likeness (QED) is 0.821. The average Bonchev–Trinajstić information content (AvgIpc) is 2.44. The Balaban J connectivity index is 1.72. The van der Waals surface area contributed by atoms with Crippen LogP contribution in [0.1, 0.15) is 6.42 Å². The minimum atomic E-state index is 0.940. The number of hydrogen-bond acceptors (Lipinski definition) is 3. The van der Waals surface area contributed by atoms with Crippen molar-refractivity contribution in [3.05, 3.63) is 53.3 Å². The molecule has 0 amide bonds. The molecule has 0 unspecified atom stereocenters. The fraction of sp³-hybridized carbons (Fsp3) is 0.267. The molecule has 0 aliphatic rings. The highest BCUT2D eigenvalue weighted by molar-refractivity contribution is 9.10. The first kappa shape index (κ1) is 13.9. The summed E-state index contributed by atoms with van der Waals surface area (Å²) in [7, 11) is 2.12. The molecule has 1 heterocycles. The molecule has 100 valence electrons. The van der Waals surface area contributed by atoms with Crippen LogP contribution in [-0.4, -0.2) is 25.1 Å². The van der Waals surface area contributed by atoms with Crippen molar-refractivity contribution < 1.29 is 0 Å². The molecule has 1 aromatic carbocycles. The Bertz CT molecular complexity index is 502. The van der Waals surface area contributed by atoms with Crippen LogP contribution >= 0.6 is 15.9 Å². The largest absolute Gasteiger partial charge is 0.384 e. The van der Waals surface area contributed by atoms with Crippen LogP contribution in [0.4, 0.5) is 11.4 Å². The smallest absolute Gasteiger partial charge is 0.0538 e. The molecule has 3 nitrogen and oxygen atoms in total. The zero-order valence-corrected chi connectivity index (χ0v) is 12.6. The Kier molecular flexibility index (Phi) is 5.21. The number of pyridine rings is 1. The van der Waals surface area contributed by atoms with Gasteiger partial charge in [0.15, 0.2) is 0 Å². The van der Waals surface area contributed by atoms with Crippen molar-refractivity contribution in [1.82, 2.24) is 4.98 Å². The molecular formula is C15H18BrN3. The van der Waals surface area contributed by atoms with E-state index in [1.807, 2.05) is 18.3 Å². The Morgan fingerprint density at radius 3 is 2.74 bits per heavy atom. The third-order valence-electron chi connectivity index (χ3n) is 2.90. The van der Waals surface area contributed by atoms with Crippen molar-refractivity contribution in [2.45, 2.75) is 6.42 Å². The maximum Gasteiger partial charge on any atom is 0.0538 e. The standard InChI is InChI=1S/C15H18BrN3/c1-19(15-6-3-2-4-7-15)9-5-8-18-14-10-13(16)11-17-12-14/h2-4,6-7,10-12,18H,5,8-9H2,1H3. The van der Waals surface area contributed by atoms with Crippen molar-refractivity contribution >= 4 is 27.3 Å². The van der Waals surface area contributed by atoms with E-state index in [0.29, 0.717) is 0 Å². The molecule has 2 rings (SSSR count). The zero-order valence-electron chi connectivity index (χ0n) is 11.0. The lowest BCUT2D eigenvalue weighted by Gasteiger charge is -2.19. The summed E-state index contributed by atoms with van der Waals surface area (Å²) in [4.78, 5) is 6.39. The normalized spacial score (nSPS) is 10.2. The molecule has 0 aliphatic carbocycles. The van der Waals surface area contributed by atoms with Gasteiger partial charge >= 0.3 is 0 Å². The minimum absolute atomic E-state index is 0.940. The number of nitrogens with zero attached hydrogens (tertiary/aromatic N) is 2. The van der Waals surface area contributed by atoms with Crippen LogP contribution in [0, 0.1) is 0 Å². The highest BCUT2D eigenvalue weighted by Crippen LogP contribution is 2.14. The number of benzene rings is 1. The van der Waals surface area contributed by atoms with E-state index >= 15 is 0 Å². The average molecular weight is 320 g/mol. The first-order valence-electron chi connectivity index (χ1n) is 6.36. The molecule has 0 atom stereocenters. The maximum absolute atomic E-state index is 4.13. The number of para-hydroxylation sites is 1. The van der Waals surface area contributed by atoms with Crippen LogP contribution in [0.15, 0.2) is 53.3 Å². The molecule has 0 aliphatic heterocycles. The van der Waals surface area contributed by atoms with E-state index in [1.54, 1.807) is 6.20 Å². The summed E-state index contributed by atoms with van der Waals surface area (Å²) in [6.07, 6.45) is 4.71. The molecule has 1 N–H and O–H groups in total. The number of hydrogen-bond donors (Lipinski definition) is 1. The van der Waals surface area contributed by atoms with Gasteiger partial charge in [-0.15, -0.1) is 0 Å². The lowest BCUT2D eigenvalue weighted by Crippen LogP contribution is -2.20. The minimum Gasteiger partial charge on any atom is -0.384 e. The number of anilines is 2. The predicted octanol–water partition coefficient (Wildman–Crippen LogP) is 3.78. The molecule has 0 saturated heterocycles. The summed E-state index contributed by atoms with van der Waals surface area (Å²) < 4.78 is 0.999. The van der Waals surface area contributed by atoms with E-state index in [0.717, 1.165) is 29.7 Å². The van der Waals surface area contributed by atoms with Gasteiger partial charge in [-0.1, -0.05) is 18.2 Å². The SMILES string of the molecule is CN(CCCNc1cncc(Br)c1)c1ccccc1. The predicted molar refractivity (Wildman–Crippen MR) is 84.8 cm³/mol. The van der Waals surface area contributed by atoms with Gasteiger partial charge in [-0.3, -0.25) is 4.98 Å². The summed E-state index contributed by atoms with van der Waals surface area (Å²) in [5, 5.41) is 3.37. The van der Waals surface area contributed by atoms with E-state index in [9.17, 15) is 0 Å². The summed E-state index contributed by atoms with van der Waals surface area (Å²) in [6, 6.07) is 12.5. The molecule has 2 aromatic rings. The molecule has 0 bridgehead atoms. The second kappa shape index (κ2) is 7.14. The van der Waals surface area contributed by atoms with Gasteiger partial charge in [0, 0.05) is 36.5 Å². The Hall–Kier alpha value is -1.55. The van der Waals surface area contributed by atoms with Crippen LogP contribution in [0.25, 0.3) is 0 Å². The molecule has 1 aromatic heterocycles. The fourth-order valence-electron chi connectivity index (χ4n) is 1.87. The van der Waals surface area contributed by atoms with Gasteiger partial charge in [-0.2, -0.15) is 0 Å². The number of rotatable bonds is 6. The maximum atomic E-state index is 4.13. The Morgan fingerprint density at radius 1 is 1.21 bits per heavy atom. The zero-order chi connectivity index (χ0) is 13.5. The number of halogens is 1. The molecular weight excluding hydrogens is 302 g/mol. The second-order valence-electron chi connectivity index (χ2n) is 4.43. The van der Waals surface area contributed by atoms with Crippen LogP contribution in [0.3, 0.4) is 0 Å². The third-order valence-corrected chi connectivity index (χ3v) is 3.33. The first-order valence-corrected chi connectivity index (χ1v) is 7.15. The van der Waals surface area contributed by atoms with Crippen LogP contribution in [0.2, 0.25) is 0 Å². The van der Waals surface area contributed by atoms with Gasteiger partial charge in [0.1, 0.15) is 0 Å². The molecule has 0 radical (unpaired) electrons. The monoisotopic (exact) mass is 319 g/mol. The van der Waals surface area contributed by atoms with Crippen molar-refractivity contribution in [1.29, 1.82) is 0 Å². The second-order valence-corrected chi connectivity index (χ2v) is 5.34. The van der Waals surface area contributed by atoms with Gasteiger partial charge in [0.2, 0.25) is 0 Å². The molecule has 0 spiro atoms. The van der Waals surface area contributed by atoms with Gasteiger partial charge in [-0.05, 0) is 40.5 Å². The van der Waals surface area contributed by atoms with E-state index in [-0.39, 0.29) is 0 Å². The number of aromatic nitrogens is 1. The topological polar surface area (TPSA) is 28.2 Å². The van der Waals surface area contributed by atoms with E-state index in [2.05, 4.69) is 62.4 Å². The fourth-order valence-corrected chi connectivity index (χ4v) is 2.23. The van der Waals surface area contributed by atoms with Gasteiger partial charge in [-0.25, -0.2) is 0 Å². The molecule has 4 heteroatoms. The summed E-state index contributed by atoms with van der Waals surface area (Å²) in [6.45, 7) is 1.97. The van der Waals surface area contributed by atoms with Crippen molar-refractivity contribution in [2.24, 2.45) is 0 Å². The van der Waals surface area contributed by atoms with Gasteiger partial charge < -0.3 is 10.2 Å². The van der Waals surface area contributed by atoms with Crippen molar-refractivity contribution in [3.63, 3.8) is 0 Å². The Morgan fingerprint density at radius 2 is 2.00 bits per heavy atom. The lowest BCUT2D eigenvalue weighted by molar-refractivity contribution is 0.816. The Labute approximate surface area is 122 Å². The van der Waals surface area contributed by atoms with Crippen LogP contribution in [-0.2, 0) is 0 Å². The number of nitrogens with one attached hydrogen (secondary N) is 1. The van der Waals surface area contributed by atoms with Gasteiger partial charge in [0.25, 0.3) is 0 Å². The van der Waals surface area contributed by atoms with E-state index < -0.39 is 0 Å². The highest BCUT2D eigenvalue weighted by atomic mass is 79.9. The summed E-state index contributed by atoms with van der Waals surface area (Å²) in [5.74, 6) is 0. The molecule has 0 fully saturated rings. The van der Waals surface area contributed by atoms with Crippen molar-refractivity contribution in [3.8, 4) is 0 Å². The summed E-state index contributed by atoms with van der Waals surface area (Å²) >= 11 is 3.41. The summed E-state index contributed by atoms with van der Waals surface area (Å²) in [5.41, 5.74) is 2.31. The van der Waals surface area contributed by atoms with E-state index in [4.69, 9.17) is 0 Å². The van der Waals surface area contributed by atoms with Crippen LogP contribution in [0.5, 0.6) is 0 Å². The lowest BCUT2D eigenvalue weighted by atomic mass is 10.3. The van der Waals surface area contributed by atoms with Gasteiger partial charge in [0.05, 0.1) is 11.9 Å². The van der Waals surface area contributed by atoms with Crippen LogP contribution < -0.4 is 10.2 Å². The molecule has 19 heavy (non-hydrogen) atoms. The third kappa shape index (κ3) is 4.56. The molecule has 0 saturated carbocycles. The first-order chi connectivity index (χ1) is 9.25. The van der Waals surface area contributed by atoms with Crippen molar-refractivity contribution in [2.75, 3.05) is 30.4 Å². The highest BCUT2D eigenvalue weighted by Gasteiger charge is 1.99.